The molecule has 0 bridgehead atoms. The Morgan fingerprint density at radius 1 is 0.763 bits per heavy atom. The fourth-order valence-electron chi connectivity index (χ4n) is 4.40. The first-order chi connectivity index (χ1) is 18.2. The molecule has 0 saturated carbocycles. The Labute approximate surface area is 224 Å². The van der Waals surface area contributed by atoms with Crippen LogP contribution in [0.3, 0.4) is 0 Å². The van der Waals surface area contributed by atoms with Gasteiger partial charge in [-0.1, -0.05) is 42.8 Å². The maximum atomic E-state index is 13.4. The summed E-state index contributed by atoms with van der Waals surface area (Å²) in [6.45, 7) is 6.82. The molecular weight excluding hydrogens is 482 g/mol. The lowest BCUT2D eigenvalue weighted by Crippen LogP contribution is -2.25. The van der Waals surface area contributed by atoms with Gasteiger partial charge in [0.1, 0.15) is 11.6 Å². The first-order valence-electron chi connectivity index (χ1n) is 13.0. The number of hydrogen-bond donors (Lipinski definition) is 2. The molecular formula is C32H36F2N2O2. The van der Waals surface area contributed by atoms with Crippen molar-refractivity contribution in [2.24, 2.45) is 0 Å². The lowest BCUT2D eigenvalue weighted by Gasteiger charge is -2.18. The van der Waals surface area contributed by atoms with E-state index in [0.29, 0.717) is 31.5 Å². The molecule has 0 atom stereocenters. The first kappa shape index (κ1) is 28.8. The Balaban J connectivity index is 1.37. The van der Waals surface area contributed by atoms with E-state index < -0.39 is 0 Å². The average molecular weight is 519 g/mol. The molecule has 200 valence electrons. The number of nitrogens with one attached hydrogen (secondary N) is 2. The summed E-state index contributed by atoms with van der Waals surface area (Å²) in [5, 5.41) is 5.73. The Morgan fingerprint density at radius 2 is 1.26 bits per heavy atom. The molecule has 0 heterocycles. The third-order valence-corrected chi connectivity index (χ3v) is 6.84. The number of carbonyl (C=O) groups is 2. The van der Waals surface area contributed by atoms with Crippen molar-refractivity contribution < 1.29 is 18.4 Å². The number of aryl methyl sites for hydroxylation is 2. The normalized spacial score (nSPS) is 11.2. The van der Waals surface area contributed by atoms with Crippen molar-refractivity contribution in [1.82, 2.24) is 10.6 Å². The number of halogens is 2. The minimum Gasteiger partial charge on any atom is -0.353 e. The molecule has 2 N–H and O–H groups in total. The van der Waals surface area contributed by atoms with E-state index in [0.717, 1.165) is 35.1 Å². The van der Waals surface area contributed by atoms with Gasteiger partial charge in [0.2, 0.25) is 5.91 Å². The highest BCUT2D eigenvalue weighted by atomic mass is 19.1. The number of benzene rings is 3. The van der Waals surface area contributed by atoms with Gasteiger partial charge in [0.25, 0.3) is 5.91 Å². The Kier molecular flexibility index (Phi) is 10.8. The standard InChI is InChI=1S/C32H36F2N2O2/c1-22-20-27(21-23(2)24(22)3)32(38)36-19-7-6-18-35-31(37)9-5-4-8-30(25-10-14-28(33)15-11-25)26-12-16-29(34)17-13-26/h6-7,10-17,20-21,30H,4-5,8-9,18-19H2,1-3H3,(H,35,37)(H,36,38)/b7-6-. The Morgan fingerprint density at radius 3 is 1.79 bits per heavy atom. The summed E-state index contributed by atoms with van der Waals surface area (Å²) in [6.07, 6.45) is 6.32. The highest BCUT2D eigenvalue weighted by molar-refractivity contribution is 5.94. The number of hydrogen-bond acceptors (Lipinski definition) is 2. The third kappa shape index (κ3) is 8.65. The maximum absolute atomic E-state index is 13.4. The van der Waals surface area contributed by atoms with E-state index in [2.05, 4.69) is 10.6 Å². The smallest absolute Gasteiger partial charge is 0.251 e. The van der Waals surface area contributed by atoms with Gasteiger partial charge in [-0.3, -0.25) is 9.59 Å². The van der Waals surface area contributed by atoms with E-state index in [4.69, 9.17) is 0 Å². The van der Waals surface area contributed by atoms with E-state index in [9.17, 15) is 18.4 Å². The summed E-state index contributed by atoms with van der Waals surface area (Å²) in [5.41, 5.74) is 5.95. The topological polar surface area (TPSA) is 58.2 Å². The molecule has 3 aromatic rings. The summed E-state index contributed by atoms with van der Waals surface area (Å²) in [5.74, 6) is -0.744. The molecule has 0 unspecified atom stereocenters. The Hall–Kier alpha value is -3.80. The quantitative estimate of drug-likeness (QED) is 0.207. The highest BCUT2D eigenvalue weighted by Crippen LogP contribution is 2.30. The Bertz CT molecular complexity index is 1180. The molecule has 0 spiro atoms. The summed E-state index contributed by atoms with van der Waals surface area (Å²) in [4.78, 5) is 24.6. The van der Waals surface area contributed by atoms with Gasteiger partial charge < -0.3 is 10.6 Å². The average Bonchev–Trinajstić information content (AvgIpc) is 2.90. The van der Waals surface area contributed by atoms with Crippen molar-refractivity contribution in [2.75, 3.05) is 13.1 Å². The van der Waals surface area contributed by atoms with E-state index in [1.54, 1.807) is 24.3 Å². The number of amides is 2. The zero-order chi connectivity index (χ0) is 27.5. The van der Waals surface area contributed by atoms with E-state index in [1.807, 2.05) is 45.1 Å². The molecule has 38 heavy (non-hydrogen) atoms. The predicted molar refractivity (Wildman–Crippen MR) is 148 cm³/mol. The zero-order valence-electron chi connectivity index (χ0n) is 22.3. The molecule has 0 aliphatic heterocycles. The molecule has 0 radical (unpaired) electrons. The van der Waals surface area contributed by atoms with Crippen LogP contribution in [0.2, 0.25) is 0 Å². The van der Waals surface area contributed by atoms with Crippen molar-refractivity contribution in [1.29, 1.82) is 0 Å². The second-order valence-corrected chi connectivity index (χ2v) is 9.62. The summed E-state index contributed by atoms with van der Waals surface area (Å²) in [6, 6.07) is 16.5. The van der Waals surface area contributed by atoms with E-state index >= 15 is 0 Å². The van der Waals surface area contributed by atoms with Crippen molar-refractivity contribution in [3.63, 3.8) is 0 Å². The first-order valence-corrected chi connectivity index (χ1v) is 13.0. The van der Waals surface area contributed by atoms with Gasteiger partial charge in [-0.15, -0.1) is 0 Å². The molecule has 0 aromatic heterocycles. The van der Waals surface area contributed by atoms with Gasteiger partial charge in [-0.2, -0.15) is 0 Å². The van der Waals surface area contributed by atoms with Crippen LogP contribution in [0.5, 0.6) is 0 Å². The molecule has 4 nitrogen and oxygen atoms in total. The van der Waals surface area contributed by atoms with Gasteiger partial charge in [-0.25, -0.2) is 8.78 Å². The van der Waals surface area contributed by atoms with Crippen LogP contribution < -0.4 is 10.6 Å². The molecule has 0 aliphatic rings. The maximum Gasteiger partial charge on any atom is 0.251 e. The summed E-state index contributed by atoms with van der Waals surface area (Å²) >= 11 is 0. The van der Waals surface area contributed by atoms with Crippen LogP contribution in [0.1, 0.15) is 69.8 Å². The second kappa shape index (κ2) is 14.2. The van der Waals surface area contributed by atoms with Crippen molar-refractivity contribution >= 4 is 11.8 Å². The van der Waals surface area contributed by atoms with E-state index in [-0.39, 0.29) is 29.4 Å². The fraction of sp³-hybridized carbons (Fsp3) is 0.312. The second-order valence-electron chi connectivity index (χ2n) is 9.62. The monoisotopic (exact) mass is 518 g/mol. The predicted octanol–water partition coefficient (Wildman–Crippen LogP) is 6.68. The molecule has 0 aliphatic carbocycles. The molecule has 6 heteroatoms. The highest BCUT2D eigenvalue weighted by Gasteiger charge is 2.15. The van der Waals surface area contributed by atoms with E-state index in [1.165, 1.54) is 29.8 Å². The fourth-order valence-corrected chi connectivity index (χ4v) is 4.40. The summed E-state index contributed by atoms with van der Waals surface area (Å²) < 4.78 is 26.8. The number of carbonyl (C=O) groups excluding carboxylic acids is 2. The molecule has 2 amide bonds. The van der Waals surface area contributed by atoms with Gasteiger partial charge in [0, 0.05) is 31.0 Å². The van der Waals surface area contributed by atoms with Gasteiger partial charge >= 0.3 is 0 Å². The number of unbranched alkanes of at least 4 members (excludes halogenated alkanes) is 1. The minimum atomic E-state index is -0.295. The minimum absolute atomic E-state index is 0.00476. The van der Waals surface area contributed by atoms with Crippen LogP contribution in [-0.4, -0.2) is 24.9 Å². The van der Waals surface area contributed by atoms with Crippen molar-refractivity contribution in [3.8, 4) is 0 Å². The van der Waals surface area contributed by atoms with Gasteiger partial charge in [-0.05, 0) is 97.8 Å². The summed E-state index contributed by atoms with van der Waals surface area (Å²) in [7, 11) is 0. The third-order valence-electron chi connectivity index (χ3n) is 6.84. The SMILES string of the molecule is Cc1cc(C(=O)NC/C=C\CNC(=O)CCCCC(c2ccc(F)cc2)c2ccc(F)cc2)cc(C)c1C. The van der Waals surface area contributed by atoms with Crippen LogP contribution in [0.15, 0.2) is 72.8 Å². The number of rotatable bonds is 12. The van der Waals surface area contributed by atoms with Gasteiger partial charge in [0.15, 0.2) is 0 Å². The molecule has 3 aromatic carbocycles. The van der Waals surface area contributed by atoms with Crippen LogP contribution >= 0.6 is 0 Å². The van der Waals surface area contributed by atoms with Crippen LogP contribution in [-0.2, 0) is 4.79 Å². The van der Waals surface area contributed by atoms with Crippen LogP contribution in [0, 0.1) is 32.4 Å². The lowest BCUT2D eigenvalue weighted by atomic mass is 9.87. The van der Waals surface area contributed by atoms with Crippen LogP contribution in [0.25, 0.3) is 0 Å². The molecule has 3 rings (SSSR count). The van der Waals surface area contributed by atoms with Crippen LogP contribution in [0.4, 0.5) is 8.78 Å². The van der Waals surface area contributed by atoms with Crippen molar-refractivity contribution in [2.45, 2.75) is 52.4 Å². The van der Waals surface area contributed by atoms with Crippen molar-refractivity contribution in [3.05, 3.63) is 118 Å². The van der Waals surface area contributed by atoms with Gasteiger partial charge in [0.05, 0.1) is 0 Å². The zero-order valence-corrected chi connectivity index (χ0v) is 22.3. The molecule has 0 saturated heterocycles. The molecule has 0 fully saturated rings. The largest absolute Gasteiger partial charge is 0.353 e. The lowest BCUT2D eigenvalue weighted by molar-refractivity contribution is -0.121.